The molecule has 77 heavy (non-hydrogen) atoms. The maximum atomic E-state index is 11.2. The number of rotatable bonds is 27. The molecule has 446 valence electrons. The number of amides is 3. The Morgan fingerprint density at radius 2 is 0.974 bits per heavy atom. The van der Waals surface area contributed by atoms with Crippen LogP contribution in [0.4, 0.5) is 0 Å². The molecule has 0 aliphatic rings. The van der Waals surface area contributed by atoms with E-state index >= 15 is 0 Å². The molecule has 4 N–H and O–H groups in total. The highest BCUT2D eigenvalue weighted by atomic mass is 35.5. The molecule has 0 saturated heterocycles. The molecule has 0 rings (SSSR count). The van der Waals surface area contributed by atoms with Gasteiger partial charge in [-0.1, -0.05) is 59.6 Å². The highest BCUT2D eigenvalue weighted by Gasteiger charge is 2.33. The lowest BCUT2D eigenvalue weighted by atomic mass is 10.0. The number of carboxylic acids is 1. The average Bonchev–Trinajstić information content (AvgIpc) is 3.32. The van der Waals surface area contributed by atoms with Crippen molar-refractivity contribution in [2.75, 3.05) is 101 Å². The number of quaternary nitrogens is 1. The van der Waals surface area contributed by atoms with Crippen molar-refractivity contribution in [2.24, 2.45) is 0 Å². The molecule has 0 spiro atoms. The quantitative estimate of drug-likeness (QED) is 0.0227. The first kappa shape index (κ1) is 87.7. The molecular weight excluding hydrogens is 1030 g/mol. The Morgan fingerprint density at radius 3 is 1.22 bits per heavy atom. The largest absolute Gasteiger partial charge is 1.00 e. The van der Waals surface area contributed by atoms with E-state index in [0.29, 0.717) is 46.7 Å². The van der Waals surface area contributed by atoms with Crippen LogP contribution < -0.4 is 28.4 Å². The number of aliphatic carboxylic acids is 1. The van der Waals surface area contributed by atoms with Crippen molar-refractivity contribution >= 4 is 56.1 Å². The van der Waals surface area contributed by atoms with Crippen molar-refractivity contribution in [3.63, 3.8) is 0 Å². The molecule has 22 heteroatoms. The third-order valence-corrected chi connectivity index (χ3v) is 10.8. The minimum atomic E-state index is -2.34. The number of nitrogens with zero attached hydrogens (tertiary/aromatic N) is 2. The zero-order chi connectivity index (χ0) is 61.4. The molecule has 0 aromatic heterocycles. The van der Waals surface area contributed by atoms with Crippen molar-refractivity contribution in [2.45, 2.75) is 108 Å². The van der Waals surface area contributed by atoms with Gasteiger partial charge in [0.25, 0.3) is 0 Å². The Hall–Kier alpha value is -5.97. The number of halogens is 1. The topological polar surface area (TPSA) is 251 Å². The Balaban J connectivity index is -0.000000122. The molecule has 0 fully saturated rings. The summed E-state index contributed by atoms with van der Waals surface area (Å²) in [5.41, 5.74) is 2.49. The fraction of sp³-hybridized carbons (Fsp3) is 0.564. The number of methoxy groups -OCH3 is 1. The van der Waals surface area contributed by atoms with Gasteiger partial charge in [0.05, 0.1) is 34.8 Å². The first-order valence-electron chi connectivity index (χ1n) is 24.4. The molecule has 0 aliphatic heterocycles. The molecule has 0 aliphatic carbocycles. The van der Waals surface area contributed by atoms with Crippen LogP contribution in [-0.2, 0) is 66.2 Å². The first-order valence-corrected chi connectivity index (χ1v) is 26.9. The van der Waals surface area contributed by atoms with Crippen LogP contribution in [0.2, 0.25) is 6.55 Å². The Labute approximate surface area is 470 Å². The van der Waals surface area contributed by atoms with Gasteiger partial charge in [-0.15, -0.1) is 0 Å². The van der Waals surface area contributed by atoms with E-state index in [9.17, 15) is 38.4 Å². The fourth-order valence-electron chi connectivity index (χ4n) is 3.87. The molecule has 0 heterocycles. The van der Waals surface area contributed by atoms with Crippen LogP contribution >= 0.6 is 0 Å². The van der Waals surface area contributed by atoms with Gasteiger partial charge in [0.2, 0.25) is 17.7 Å². The SMILES string of the molecule is C=C(C)C(=O)NCCCN(C)C.C=C(C)C(=O)NCCC[N+](C)(C)C.C=C(C)C(=O)OC.C=C(C)C(=O)OCCOC(=O)C(=C)C.C=C(C)C(=O)OC[Si](C)(OCC)OCC.C=CC(=O)NC(C)(C)CC.C=CC(=O)O.[Cl-]. The molecule has 20 nitrogen and oxygen atoms in total. The van der Waals surface area contributed by atoms with Gasteiger partial charge >= 0.3 is 38.4 Å². The Morgan fingerprint density at radius 1 is 0.623 bits per heavy atom. The van der Waals surface area contributed by atoms with Crippen LogP contribution in [0.25, 0.3) is 0 Å². The smallest absolute Gasteiger partial charge is 0.374 e. The standard InChI is InChI=1S/C10H20N2O.C10H20O4Si.C10H14O4.C9H18N2O.C8H15NO.C5H8O2.C3H4O2.ClH/c1-9(2)10(13)11-7-6-8-12(3,4)5;1-6-13-15(5,14-7-2)8-12-10(11)9(3)4;1-7(2)9(11)13-5-6-14-10(12)8(3)4;1-8(2)9(12)10-6-5-7-11(3)4;1-5-7(10)9-8(3,4)6-2;1-4(2)5(6)7-3;1-2-3(4)5;/h1,6-8H2,2-5H3;3,6-8H2,1-2,4-5H3;1,3,5-6H2,2,4H3;1,5-7H2,2-4H3,(H,10,12);5H,1,6H2,2-4H3,(H,9,10);1H2,2-3H3;2H,1H2,(H,4,5);1H. The lowest BCUT2D eigenvalue weighted by Crippen LogP contribution is -3.00. The summed E-state index contributed by atoms with van der Waals surface area (Å²) in [4.78, 5) is 87.2. The van der Waals surface area contributed by atoms with Crippen molar-refractivity contribution in [1.82, 2.24) is 20.9 Å². The molecule has 0 unspecified atom stereocenters. The summed E-state index contributed by atoms with van der Waals surface area (Å²) < 4.78 is 30.6. The van der Waals surface area contributed by atoms with Crippen LogP contribution in [0.15, 0.2) is 98.2 Å². The molecule has 3 amide bonds. The van der Waals surface area contributed by atoms with E-state index < -0.39 is 32.4 Å². The van der Waals surface area contributed by atoms with Gasteiger partial charge in [-0.2, -0.15) is 0 Å². The number of ether oxygens (including phenoxy) is 4. The number of carbonyl (C=O) groups is 8. The lowest BCUT2D eigenvalue weighted by molar-refractivity contribution is -0.870. The first-order chi connectivity index (χ1) is 34.7. The van der Waals surface area contributed by atoms with E-state index in [1.807, 2.05) is 55.3 Å². The zero-order valence-corrected chi connectivity index (χ0v) is 52.0. The molecule has 0 aromatic carbocycles. The van der Waals surface area contributed by atoms with Crippen molar-refractivity contribution < 1.29 is 88.2 Å². The maximum absolute atomic E-state index is 11.2. The third-order valence-electron chi connectivity index (χ3n) is 8.33. The van der Waals surface area contributed by atoms with Gasteiger partial charge in [0.1, 0.15) is 19.4 Å². The second-order valence-electron chi connectivity index (χ2n) is 18.5. The number of hydrogen-bond donors (Lipinski definition) is 4. The number of esters is 4. The minimum absolute atomic E-state index is 0. The van der Waals surface area contributed by atoms with Crippen molar-refractivity contribution in [3.05, 3.63) is 98.2 Å². The summed E-state index contributed by atoms with van der Waals surface area (Å²) in [6.07, 6.45) is 5.24. The van der Waals surface area contributed by atoms with E-state index in [0.717, 1.165) is 56.0 Å². The summed E-state index contributed by atoms with van der Waals surface area (Å²) in [7, 11) is 9.44. The molecule has 0 atom stereocenters. The molecule has 0 bridgehead atoms. The van der Waals surface area contributed by atoms with E-state index in [4.69, 9.17) is 18.7 Å². The normalized spacial score (nSPS) is 9.75. The van der Waals surface area contributed by atoms with Crippen LogP contribution in [-0.4, -0.2) is 177 Å². The highest BCUT2D eigenvalue weighted by molar-refractivity contribution is 6.66. The number of carboxylic acid groups (broad SMARTS) is 1. The monoisotopic (exact) mass is 1130 g/mol. The van der Waals surface area contributed by atoms with Gasteiger partial charge < -0.3 is 70.6 Å². The van der Waals surface area contributed by atoms with E-state index in [2.05, 4.69) is 109 Å². The van der Waals surface area contributed by atoms with Crippen molar-refractivity contribution in [3.8, 4) is 0 Å². The van der Waals surface area contributed by atoms with Crippen LogP contribution in [0.3, 0.4) is 0 Å². The summed E-state index contributed by atoms with van der Waals surface area (Å²) in [5.74, 6) is -2.90. The second-order valence-corrected chi connectivity index (χ2v) is 21.7. The average molecular weight is 1130 g/mol. The van der Waals surface area contributed by atoms with Crippen molar-refractivity contribution in [1.29, 1.82) is 0 Å². The van der Waals surface area contributed by atoms with E-state index in [-0.39, 0.29) is 61.1 Å². The number of hydrogen-bond acceptors (Lipinski definition) is 15. The van der Waals surface area contributed by atoms with Crippen LogP contribution in [0.1, 0.15) is 95.4 Å². The molecule has 0 aromatic rings. The summed E-state index contributed by atoms with van der Waals surface area (Å²) in [6, 6.07) is 0. The second kappa shape index (κ2) is 52.1. The maximum Gasteiger partial charge on any atom is 0.374 e. The zero-order valence-electron chi connectivity index (χ0n) is 50.2. The Bertz CT molecular complexity index is 1840. The Kier molecular flexibility index (Phi) is 59.3. The predicted octanol–water partition coefficient (Wildman–Crippen LogP) is 3.89. The van der Waals surface area contributed by atoms with Gasteiger partial charge in [-0.3, -0.25) is 14.4 Å². The minimum Gasteiger partial charge on any atom is -1.00 e. The fourth-order valence-corrected chi connectivity index (χ4v) is 5.74. The van der Waals surface area contributed by atoms with Gasteiger partial charge in [0.15, 0.2) is 0 Å². The van der Waals surface area contributed by atoms with Crippen LogP contribution in [0, 0.1) is 0 Å². The summed E-state index contributed by atoms with van der Waals surface area (Å²) in [5, 5.41) is 16.0. The van der Waals surface area contributed by atoms with Gasteiger partial charge in [-0.05, 0) is 115 Å². The third kappa shape index (κ3) is 70.0. The molecule has 0 radical (unpaired) electrons. The van der Waals surface area contributed by atoms with Gasteiger partial charge in [-0.25, -0.2) is 24.0 Å². The summed E-state index contributed by atoms with van der Waals surface area (Å²) >= 11 is 0. The van der Waals surface area contributed by atoms with Crippen LogP contribution in [0.5, 0.6) is 0 Å². The van der Waals surface area contributed by atoms with Gasteiger partial charge in [0, 0.05) is 77.8 Å². The molecule has 0 saturated carbocycles. The number of carbonyl (C=O) groups excluding carboxylic acids is 7. The van der Waals surface area contributed by atoms with E-state index in [1.54, 1.807) is 41.5 Å². The predicted molar refractivity (Wildman–Crippen MR) is 306 cm³/mol. The number of nitrogens with one attached hydrogen (secondary N) is 3. The highest BCUT2D eigenvalue weighted by Crippen LogP contribution is 2.09. The van der Waals surface area contributed by atoms with E-state index in [1.165, 1.54) is 13.2 Å². The summed E-state index contributed by atoms with van der Waals surface area (Å²) in [6.45, 7) is 53.2. The lowest BCUT2D eigenvalue weighted by Gasteiger charge is -2.25. The molecular formula is C55H100ClN5O15Si.